The zero-order chi connectivity index (χ0) is 36.7. The molecule has 9 aromatic carbocycles. The van der Waals surface area contributed by atoms with E-state index in [4.69, 9.17) is 0 Å². The van der Waals surface area contributed by atoms with E-state index in [1.807, 2.05) is 11.3 Å². The lowest BCUT2D eigenvalue weighted by molar-refractivity contribution is 1.16. The van der Waals surface area contributed by atoms with E-state index >= 15 is 0 Å². The lowest BCUT2D eigenvalue weighted by Gasteiger charge is -2.15. The van der Waals surface area contributed by atoms with E-state index in [9.17, 15) is 0 Å². The molecule has 0 atom stereocenters. The summed E-state index contributed by atoms with van der Waals surface area (Å²) in [5.41, 5.74) is 10.3. The Morgan fingerprint density at radius 2 is 0.839 bits per heavy atom. The number of para-hydroxylation sites is 2. The quantitative estimate of drug-likeness (QED) is 0.172. The molecule has 0 N–H and O–H groups in total. The lowest BCUT2D eigenvalue weighted by Crippen LogP contribution is -1.99. The standard InChI is InChI=1S/C52H33N3S/c1-2-16-37(17-3-1)53-38-18-8-14-35(30-38)36-15-9-19-39(31-36)54(41-27-29-51-45(33-41)44-32-40(53)26-28-50(44)56-51)48-24-11-25-49-52(48)43-21-6-7-22-47(43)55(49)46-23-10-13-34-12-4-5-20-42(34)46/h1-33H. The van der Waals surface area contributed by atoms with Crippen molar-refractivity contribution in [2.24, 2.45) is 0 Å². The van der Waals surface area contributed by atoms with E-state index in [1.54, 1.807) is 0 Å². The fourth-order valence-electron chi connectivity index (χ4n) is 8.98. The normalized spacial score (nSPS) is 11.9. The van der Waals surface area contributed by atoms with Gasteiger partial charge in [0.25, 0.3) is 0 Å². The molecule has 0 saturated carbocycles. The third kappa shape index (κ3) is 4.70. The third-order valence-corrected chi connectivity index (χ3v) is 12.6. The Morgan fingerprint density at radius 1 is 0.304 bits per heavy atom. The SMILES string of the molecule is c1ccc(-n2c3cccc(c3)c3cccc(c3)n(-c3cccc4c3c3ccccc3n4-c3cccc4ccccc34)c3ccc4sc5ccc2cc5c4c3)cc1. The maximum Gasteiger partial charge on any atom is 0.0562 e. The Bertz CT molecular complexity index is 3590. The van der Waals surface area contributed by atoms with Crippen molar-refractivity contribution in [2.45, 2.75) is 0 Å². The highest BCUT2D eigenvalue weighted by molar-refractivity contribution is 7.25. The molecule has 0 radical (unpaired) electrons. The van der Waals surface area contributed by atoms with Crippen LogP contribution in [0.4, 0.5) is 0 Å². The van der Waals surface area contributed by atoms with Crippen LogP contribution in [0.5, 0.6) is 0 Å². The van der Waals surface area contributed by atoms with Gasteiger partial charge >= 0.3 is 0 Å². The molecular formula is C52H33N3S. The van der Waals surface area contributed by atoms with Crippen LogP contribution >= 0.6 is 11.3 Å². The average Bonchev–Trinajstić information content (AvgIpc) is 3.80. The molecule has 0 aliphatic carbocycles. The molecular weight excluding hydrogens is 699 g/mol. The van der Waals surface area contributed by atoms with Gasteiger partial charge in [0.1, 0.15) is 0 Å². The minimum Gasteiger partial charge on any atom is -0.310 e. The molecule has 0 amide bonds. The topological polar surface area (TPSA) is 14.8 Å². The molecule has 0 unspecified atom stereocenters. The fraction of sp³-hybridized carbons (Fsp3) is 0. The Morgan fingerprint density at radius 3 is 1.61 bits per heavy atom. The van der Waals surface area contributed by atoms with Crippen molar-refractivity contribution in [3.05, 3.63) is 200 Å². The van der Waals surface area contributed by atoms with E-state index < -0.39 is 0 Å². The van der Waals surface area contributed by atoms with E-state index in [2.05, 4.69) is 214 Å². The van der Waals surface area contributed by atoms with Crippen LogP contribution < -0.4 is 0 Å². The van der Waals surface area contributed by atoms with Crippen LogP contribution in [0.25, 0.3) is 103 Å². The summed E-state index contributed by atoms with van der Waals surface area (Å²) >= 11 is 1.86. The zero-order valence-corrected chi connectivity index (χ0v) is 31.1. The van der Waals surface area contributed by atoms with Crippen LogP contribution in [0.1, 0.15) is 0 Å². The molecule has 0 aliphatic rings. The predicted molar refractivity (Wildman–Crippen MR) is 240 cm³/mol. The highest BCUT2D eigenvalue weighted by atomic mass is 32.1. The third-order valence-electron chi connectivity index (χ3n) is 11.4. The first kappa shape index (κ1) is 31.2. The number of fused-ring (bicyclic) bond motifs is 11. The molecule has 4 heteroatoms. The fourth-order valence-corrected chi connectivity index (χ4v) is 10.0. The monoisotopic (exact) mass is 731 g/mol. The van der Waals surface area contributed by atoms with Crippen molar-refractivity contribution < 1.29 is 0 Å². The van der Waals surface area contributed by atoms with Gasteiger partial charge in [-0.3, -0.25) is 0 Å². The van der Waals surface area contributed by atoms with Gasteiger partial charge in [0, 0.05) is 64.1 Å². The summed E-state index contributed by atoms with van der Waals surface area (Å²) in [7, 11) is 0. The number of hydrogen-bond donors (Lipinski definition) is 0. The summed E-state index contributed by atoms with van der Waals surface area (Å²) < 4.78 is 9.87. The molecule has 8 bridgehead atoms. The van der Waals surface area contributed by atoms with Crippen LogP contribution in [-0.2, 0) is 0 Å². The summed E-state index contributed by atoms with van der Waals surface area (Å²) in [6.45, 7) is 0. The minimum absolute atomic E-state index is 1.11. The van der Waals surface area contributed by atoms with E-state index in [-0.39, 0.29) is 0 Å². The predicted octanol–water partition coefficient (Wildman–Crippen LogP) is 14.5. The summed E-state index contributed by atoms with van der Waals surface area (Å²) in [6.07, 6.45) is 0. The largest absolute Gasteiger partial charge is 0.310 e. The van der Waals surface area contributed by atoms with Crippen molar-refractivity contribution in [2.75, 3.05) is 0 Å². The van der Waals surface area contributed by atoms with Crippen LogP contribution in [0, 0.1) is 0 Å². The molecule has 0 saturated heterocycles. The van der Waals surface area contributed by atoms with Gasteiger partial charge in [-0.25, -0.2) is 0 Å². The molecule has 262 valence electrons. The Kier molecular flexibility index (Phi) is 6.80. The molecule has 3 aromatic heterocycles. The number of thiophene rings is 1. The number of aromatic nitrogens is 3. The second-order valence-corrected chi connectivity index (χ2v) is 15.7. The van der Waals surface area contributed by atoms with Gasteiger partial charge in [0.05, 0.1) is 22.4 Å². The summed E-state index contributed by atoms with van der Waals surface area (Å²) in [5.74, 6) is 0. The zero-order valence-electron chi connectivity index (χ0n) is 30.3. The van der Waals surface area contributed by atoms with Crippen LogP contribution in [0.2, 0.25) is 0 Å². The van der Waals surface area contributed by atoms with Crippen LogP contribution in [0.15, 0.2) is 200 Å². The van der Waals surface area contributed by atoms with E-state index in [0.717, 1.165) is 38.8 Å². The van der Waals surface area contributed by atoms with E-state index in [0.29, 0.717) is 0 Å². The summed E-state index contributed by atoms with van der Waals surface area (Å²) in [4.78, 5) is 0. The van der Waals surface area contributed by atoms with Gasteiger partial charge < -0.3 is 13.7 Å². The average molecular weight is 732 g/mol. The first-order chi connectivity index (χ1) is 27.8. The summed E-state index contributed by atoms with van der Waals surface area (Å²) in [5, 5.41) is 9.76. The second kappa shape index (κ2) is 12.2. The number of hydrogen-bond acceptors (Lipinski definition) is 1. The highest BCUT2D eigenvalue weighted by Crippen LogP contribution is 2.40. The van der Waals surface area contributed by atoms with Crippen molar-refractivity contribution in [3.8, 4) is 17.1 Å². The smallest absolute Gasteiger partial charge is 0.0562 e. The highest BCUT2D eigenvalue weighted by Gasteiger charge is 2.18. The summed E-state index contributed by atoms with van der Waals surface area (Å²) in [6, 6.07) is 73.7. The van der Waals surface area contributed by atoms with Crippen LogP contribution in [0.3, 0.4) is 0 Å². The van der Waals surface area contributed by atoms with Crippen molar-refractivity contribution >= 4 is 96.9 Å². The second-order valence-electron chi connectivity index (χ2n) is 14.6. The number of nitrogens with zero attached hydrogens (tertiary/aromatic N) is 3. The minimum atomic E-state index is 1.11. The molecule has 3 nitrogen and oxygen atoms in total. The van der Waals surface area contributed by atoms with Gasteiger partial charge in [-0.2, -0.15) is 0 Å². The van der Waals surface area contributed by atoms with Gasteiger partial charge in [-0.1, -0.05) is 103 Å². The molecule has 0 spiro atoms. The molecule has 56 heavy (non-hydrogen) atoms. The Labute approximate surface area is 326 Å². The first-order valence-electron chi connectivity index (χ1n) is 19.1. The van der Waals surface area contributed by atoms with Gasteiger partial charge in [0.2, 0.25) is 0 Å². The maximum absolute atomic E-state index is 2.48. The van der Waals surface area contributed by atoms with E-state index in [1.165, 1.54) is 63.8 Å². The molecule has 12 aromatic rings. The number of benzene rings is 9. The van der Waals surface area contributed by atoms with Crippen molar-refractivity contribution in [1.29, 1.82) is 0 Å². The van der Waals surface area contributed by atoms with Crippen molar-refractivity contribution in [3.63, 3.8) is 0 Å². The molecule has 12 rings (SSSR count). The molecule has 3 heterocycles. The molecule has 0 aliphatic heterocycles. The number of rotatable bonds is 3. The van der Waals surface area contributed by atoms with Gasteiger partial charge in [-0.15, -0.1) is 11.3 Å². The van der Waals surface area contributed by atoms with Gasteiger partial charge in [0.15, 0.2) is 0 Å². The Balaban J connectivity index is 1.26. The lowest BCUT2D eigenvalue weighted by atomic mass is 10.1. The Hall–Kier alpha value is -7.14. The molecule has 0 fully saturated rings. The first-order valence-corrected chi connectivity index (χ1v) is 19.9. The van der Waals surface area contributed by atoms with Gasteiger partial charge in [-0.05, 0) is 113 Å². The van der Waals surface area contributed by atoms with Crippen molar-refractivity contribution in [1.82, 2.24) is 13.7 Å². The van der Waals surface area contributed by atoms with Crippen LogP contribution in [-0.4, -0.2) is 13.7 Å². The maximum atomic E-state index is 2.48.